The fourth-order valence-corrected chi connectivity index (χ4v) is 2.39. The fourth-order valence-electron chi connectivity index (χ4n) is 2.39. The summed E-state index contributed by atoms with van der Waals surface area (Å²) in [7, 11) is 0. The Kier molecular flexibility index (Phi) is 2.31. The van der Waals surface area contributed by atoms with Crippen molar-refractivity contribution in [2.24, 2.45) is 0 Å². The van der Waals surface area contributed by atoms with Crippen molar-refractivity contribution < 1.29 is 8.78 Å². The van der Waals surface area contributed by atoms with Crippen molar-refractivity contribution in [2.45, 2.75) is 18.8 Å². The van der Waals surface area contributed by atoms with Gasteiger partial charge in [-0.2, -0.15) is 0 Å². The van der Waals surface area contributed by atoms with Gasteiger partial charge in [-0.1, -0.05) is 18.2 Å². The number of anilines is 1. The molecule has 2 nitrogen and oxygen atoms in total. The fraction of sp³-hybridized carbons (Fsp3) is 0.385. The molecule has 0 aliphatic carbocycles. The normalized spacial score (nSPS) is 19.8. The molecular weight excluding hydrogens is 222 g/mol. The molecule has 17 heavy (non-hydrogen) atoms. The lowest BCUT2D eigenvalue weighted by Gasteiger charge is -2.32. The topological polar surface area (TPSA) is 19.0 Å². The first-order chi connectivity index (χ1) is 8.16. The predicted octanol–water partition coefficient (Wildman–Crippen LogP) is 3.40. The number of para-hydroxylation sites is 1. The van der Waals surface area contributed by atoms with Crippen molar-refractivity contribution in [3.63, 3.8) is 0 Å². The van der Waals surface area contributed by atoms with Crippen LogP contribution in [0.15, 0.2) is 30.5 Å². The highest BCUT2D eigenvalue weighted by atomic mass is 19.3. The summed E-state index contributed by atoms with van der Waals surface area (Å²) < 4.78 is 26.2. The van der Waals surface area contributed by atoms with Crippen LogP contribution in [-0.2, 0) is 0 Å². The Morgan fingerprint density at radius 1 is 1.12 bits per heavy atom. The Hall–Kier alpha value is -1.58. The number of nitrogens with zero attached hydrogens (tertiary/aromatic N) is 1. The maximum absolute atomic E-state index is 13.1. The number of H-pyrrole nitrogens is 1. The molecule has 1 saturated heterocycles. The van der Waals surface area contributed by atoms with Gasteiger partial charge in [-0.15, -0.1) is 0 Å². The number of aromatic nitrogens is 1. The molecule has 4 heteroatoms. The van der Waals surface area contributed by atoms with Crippen LogP contribution in [0.4, 0.5) is 14.5 Å². The molecule has 2 aromatic rings. The van der Waals surface area contributed by atoms with Gasteiger partial charge in [0.1, 0.15) is 0 Å². The van der Waals surface area contributed by atoms with Crippen LogP contribution in [0.25, 0.3) is 10.9 Å². The first-order valence-corrected chi connectivity index (χ1v) is 5.85. The average Bonchev–Trinajstić information content (AvgIpc) is 2.73. The highest BCUT2D eigenvalue weighted by Crippen LogP contribution is 2.33. The summed E-state index contributed by atoms with van der Waals surface area (Å²) in [4.78, 5) is 5.21. The maximum Gasteiger partial charge on any atom is 0.251 e. The van der Waals surface area contributed by atoms with E-state index in [4.69, 9.17) is 0 Å². The molecule has 2 heterocycles. The lowest BCUT2D eigenvalue weighted by atomic mass is 10.1. The number of nitrogens with one attached hydrogen (secondary N) is 1. The molecule has 90 valence electrons. The second-order valence-electron chi connectivity index (χ2n) is 4.56. The molecule has 1 aliphatic heterocycles. The number of halogens is 2. The number of benzene rings is 1. The molecule has 0 amide bonds. The van der Waals surface area contributed by atoms with Gasteiger partial charge in [-0.05, 0) is 6.07 Å². The number of piperidine rings is 1. The molecule has 0 spiro atoms. The third-order valence-electron chi connectivity index (χ3n) is 3.40. The van der Waals surface area contributed by atoms with Gasteiger partial charge in [0, 0.05) is 43.0 Å². The van der Waals surface area contributed by atoms with Crippen molar-refractivity contribution in [1.82, 2.24) is 4.98 Å². The van der Waals surface area contributed by atoms with E-state index in [1.54, 1.807) is 0 Å². The van der Waals surface area contributed by atoms with Gasteiger partial charge in [0.25, 0.3) is 5.92 Å². The van der Waals surface area contributed by atoms with Gasteiger partial charge in [0.15, 0.2) is 0 Å². The van der Waals surface area contributed by atoms with E-state index in [1.165, 1.54) is 0 Å². The molecular formula is C13H14F2N2. The highest BCUT2D eigenvalue weighted by Gasteiger charge is 2.34. The molecule has 0 radical (unpaired) electrons. The van der Waals surface area contributed by atoms with E-state index in [0.29, 0.717) is 13.1 Å². The second-order valence-corrected chi connectivity index (χ2v) is 4.56. The van der Waals surface area contributed by atoms with E-state index in [1.807, 2.05) is 35.4 Å². The SMILES string of the molecule is FC1(F)CCN(c2c[nH]c3ccccc23)CC1. The number of rotatable bonds is 1. The van der Waals surface area contributed by atoms with Gasteiger partial charge < -0.3 is 9.88 Å². The quantitative estimate of drug-likeness (QED) is 0.804. The minimum atomic E-state index is -2.48. The van der Waals surface area contributed by atoms with Crippen LogP contribution in [0.2, 0.25) is 0 Å². The van der Waals surface area contributed by atoms with Crippen molar-refractivity contribution in [3.8, 4) is 0 Å². The summed E-state index contributed by atoms with van der Waals surface area (Å²) in [5.41, 5.74) is 2.09. The van der Waals surface area contributed by atoms with E-state index in [-0.39, 0.29) is 12.8 Å². The molecule has 1 aromatic heterocycles. The summed E-state index contributed by atoms with van der Waals surface area (Å²) in [5, 5.41) is 1.11. The summed E-state index contributed by atoms with van der Waals surface area (Å²) in [6.45, 7) is 0.851. The number of alkyl halides is 2. The summed E-state index contributed by atoms with van der Waals surface area (Å²) in [5.74, 6) is -2.48. The molecule has 1 N–H and O–H groups in total. The number of fused-ring (bicyclic) bond motifs is 1. The van der Waals surface area contributed by atoms with Crippen molar-refractivity contribution in [1.29, 1.82) is 0 Å². The predicted molar refractivity (Wildman–Crippen MR) is 64.7 cm³/mol. The lowest BCUT2D eigenvalue weighted by molar-refractivity contribution is -0.0220. The van der Waals surface area contributed by atoms with E-state index in [9.17, 15) is 8.78 Å². The number of hydrogen-bond acceptors (Lipinski definition) is 1. The first-order valence-electron chi connectivity index (χ1n) is 5.85. The molecule has 3 rings (SSSR count). The third-order valence-corrected chi connectivity index (χ3v) is 3.40. The van der Waals surface area contributed by atoms with Gasteiger partial charge in [0.2, 0.25) is 0 Å². The Balaban J connectivity index is 1.90. The largest absolute Gasteiger partial charge is 0.369 e. The van der Waals surface area contributed by atoms with E-state index in [0.717, 1.165) is 16.6 Å². The van der Waals surface area contributed by atoms with Crippen LogP contribution < -0.4 is 4.90 Å². The van der Waals surface area contributed by atoms with Gasteiger partial charge in [0.05, 0.1) is 5.69 Å². The van der Waals surface area contributed by atoms with Crippen molar-refractivity contribution >= 4 is 16.6 Å². The molecule has 0 atom stereocenters. The van der Waals surface area contributed by atoms with Gasteiger partial charge in [-0.3, -0.25) is 0 Å². The first kappa shape index (κ1) is 10.6. The Morgan fingerprint density at radius 2 is 1.82 bits per heavy atom. The Bertz CT molecular complexity index is 523. The molecule has 0 bridgehead atoms. The van der Waals surface area contributed by atoms with Crippen LogP contribution in [0.5, 0.6) is 0 Å². The molecule has 1 aromatic carbocycles. The Morgan fingerprint density at radius 3 is 2.59 bits per heavy atom. The summed E-state index contributed by atoms with van der Waals surface area (Å²) in [6.07, 6.45) is 1.81. The standard InChI is InChI=1S/C13H14F2N2/c14-13(15)5-7-17(8-6-13)12-9-16-11-4-2-1-3-10(11)12/h1-4,9,16H,5-8H2. The minimum Gasteiger partial charge on any atom is -0.369 e. The van der Waals surface area contributed by atoms with Crippen molar-refractivity contribution in [2.75, 3.05) is 18.0 Å². The van der Waals surface area contributed by atoms with Crippen LogP contribution in [0, 0.1) is 0 Å². The highest BCUT2D eigenvalue weighted by molar-refractivity contribution is 5.92. The lowest BCUT2D eigenvalue weighted by Crippen LogP contribution is -2.39. The zero-order valence-electron chi connectivity index (χ0n) is 9.42. The van der Waals surface area contributed by atoms with E-state index >= 15 is 0 Å². The number of aromatic amines is 1. The smallest absolute Gasteiger partial charge is 0.251 e. The van der Waals surface area contributed by atoms with Crippen LogP contribution in [0.1, 0.15) is 12.8 Å². The molecule has 0 saturated carbocycles. The number of hydrogen-bond donors (Lipinski definition) is 1. The van der Waals surface area contributed by atoms with Crippen LogP contribution in [-0.4, -0.2) is 24.0 Å². The van der Waals surface area contributed by atoms with E-state index < -0.39 is 5.92 Å². The monoisotopic (exact) mass is 236 g/mol. The van der Waals surface area contributed by atoms with Gasteiger partial charge >= 0.3 is 0 Å². The average molecular weight is 236 g/mol. The molecule has 1 aliphatic rings. The Labute approximate surface area is 98.2 Å². The van der Waals surface area contributed by atoms with E-state index in [2.05, 4.69) is 4.98 Å². The van der Waals surface area contributed by atoms with Gasteiger partial charge in [-0.25, -0.2) is 8.78 Å². The van der Waals surface area contributed by atoms with Crippen molar-refractivity contribution in [3.05, 3.63) is 30.5 Å². The summed E-state index contributed by atoms with van der Waals surface area (Å²) in [6, 6.07) is 7.95. The summed E-state index contributed by atoms with van der Waals surface area (Å²) >= 11 is 0. The minimum absolute atomic E-state index is 0.0491. The zero-order chi connectivity index (χ0) is 11.9. The van der Waals surface area contributed by atoms with Crippen LogP contribution >= 0.6 is 0 Å². The second kappa shape index (κ2) is 3.72. The third kappa shape index (κ3) is 1.88. The zero-order valence-corrected chi connectivity index (χ0v) is 9.42. The molecule has 1 fully saturated rings. The molecule has 0 unspecified atom stereocenters. The van der Waals surface area contributed by atoms with Crippen LogP contribution in [0.3, 0.4) is 0 Å². The maximum atomic E-state index is 13.1.